The molecule has 5 rings (SSSR count). The number of benzene rings is 2. The Hall–Kier alpha value is -2.39. The first kappa shape index (κ1) is 15.8. The van der Waals surface area contributed by atoms with Crippen molar-refractivity contribution in [2.24, 2.45) is 0 Å². The topological polar surface area (TPSA) is 34.2 Å². The minimum atomic E-state index is 0.0627. The minimum Gasteiger partial charge on any atom is -0.487 e. The Morgan fingerprint density at radius 1 is 0.962 bits per heavy atom. The van der Waals surface area contributed by atoms with E-state index in [-0.39, 0.29) is 5.60 Å². The van der Waals surface area contributed by atoms with Crippen LogP contribution < -0.4 is 10.1 Å². The largest absolute Gasteiger partial charge is 0.487 e. The lowest BCUT2D eigenvalue weighted by Gasteiger charge is -2.41. The number of hydrogen-bond donors (Lipinski definition) is 1. The maximum Gasteiger partial charge on any atom is 0.123 e. The van der Waals surface area contributed by atoms with Crippen LogP contribution in [0.4, 0.5) is 0 Å². The third-order valence-corrected chi connectivity index (χ3v) is 6.05. The Kier molecular flexibility index (Phi) is 3.71. The lowest BCUT2D eigenvalue weighted by molar-refractivity contribution is 0.0170. The fourth-order valence-corrected chi connectivity index (χ4v) is 4.44. The lowest BCUT2D eigenvalue weighted by atomic mass is 9.83. The molecule has 0 bridgehead atoms. The second kappa shape index (κ2) is 6.10. The molecule has 3 heteroatoms. The first-order valence-electron chi connectivity index (χ1n) is 9.61. The summed E-state index contributed by atoms with van der Waals surface area (Å²) >= 11 is 0. The molecule has 2 aliphatic heterocycles. The summed E-state index contributed by atoms with van der Waals surface area (Å²) in [5, 5.41) is 5.92. The smallest absolute Gasteiger partial charge is 0.123 e. The first-order valence-corrected chi connectivity index (χ1v) is 9.61. The molecule has 0 radical (unpaired) electrons. The molecular formula is C23H24N2O. The van der Waals surface area contributed by atoms with Gasteiger partial charge in [-0.05, 0) is 92.0 Å². The van der Waals surface area contributed by atoms with E-state index in [1.54, 1.807) is 0 Å². The van der Waals surface area contributed by atoms with Crippen LogP contribution in [0.15, 0.2) is 48.7 Å². The number of hydrogen-bond acceptors (Lipinski definition) is 3. The van der Waals surface area contributed by atoms with Crippen molar-refractivity contribution in [1.29, 1.82) is 0 Å². The number of piperidine rings is 1. The molecule has 1 spiro atoms. The fraction of sp³-hybridized carbons (Fsp3) is 0.348. The molecule has 0 atom stereocenters. The zero-order chi connectivity index (χ0) is 17.6. The highest BCUT2D eigenvalue weighted by Gasteiger charge is 2.37. The monoisotopic (exact) mass is 344 g/mol. The van der Waals surface area contributed by atoms with Gasteiger partial charge in [0.15, 0.2) is 0 Å². The number of nitrogens with one attached hydrogen (secondary N) is 1. The molecule has 0 saturated carbocycles. The number of nitrogens with zero attached hydrogens (tertiary/aromatic N) is 1. The van der Waals surface area contributed by atoms with Crippen molar-refractivity contribution in [2.45, 2.75) is 38.2 Å². The molecule has 2 aromatic carbocycles. The van der Waals surface area contributed by atoms with Gasteiger partial charge in [-0.3, -0.25) is 4.98 Å². The van der Waals surface area contributed by atoms with Crippen LogP contribution in [0.5, 0.6) is 5.75 Å². The molecule has 3 aromatic rings. The number of aryl methyl sites for hydroxylation is 2. The maximum absolute atomic E-state index is 6.49. The Morgan fingerprint density at radius 2 is 1.77 bits per heavy atom. The van der Waals surface area contributed by atoms with Gasteiger partial charge in [0.25, 0.3) is 0 Å². The van der Waals surface area contributed by atoms with Gasteiger partial charge in [-0.1, -0.05) is 18.2 Å². The van der Waals surface area contributed by atoms with Crippen LogP contribution in [0.25, 0.3) is 21.9 Å². The van der Waals surface area contributed by atoms with Gasteiger partial charge >= 0.3 is 0 Å². The van der Waals surface area contributed by atoms with Crippen molar-refractivity contribution in [3.8, 4) is 16.9 Å². The van der Waals surface area contributed by atoms with E-state index in [0.29, 0.717) is 0 Å². The van der Waals surface area contributed by atoms with Gasteiger partial charge < -0.3 is 10.1 Å². The zero-order valence-electron chi connectivity index (χ0n) is 15.2. The summed E-state index contributed by atoms with van der Waals surface area (Å²) in [6, 6.07) is 15.4. The molecule has 3 heterocycles. The van der Waals surface area contributed by atoms with Gasteiger partial charge in [-0.2, -0.15) is 0 Å². The van der Waals surface area contributed by atoms with E-state index in [9.17, 15) is 0 Å². The summed E-state index contributed by atoms with van der Waals surface area (Å²) < 4.78 is 6.49. The predicted octanol–water partition coefficient (Wildman–Crippen LogP) is 4.66. The number of rotatable bonds is 1. The first-order chi connectivity index (χ1) is 12.7. The van der Waals surface area contributed by atoms with Crippen LogP contribution in [0.2, 0.25) is 0 Å². The summed E-state index contributed by atoms with van der Waals surface area (Å²) in [6.45, 7) is 4.20. The van der Waals surface area contributed by atoms with Crippen molar-refractivity contribution < 1.29 is 4.74 Å². The van der Waals surface area contributed by atoms with E-state index in [0.717, 1.165) is 50.2 Å². The van der Waals surface area contributed by atoms with Crippen LogP contribution in [0.1, 0.15) is 30.5 Å². The Bertz CT molecular complexity index is 973. The number of aromatic nitrogens is 1. The van der Waals surface area contributed by atoms with Crippen LogP contribution in [-0.2, 0) is 6.42 Å². The van der Waals surface area contributed by atoms with Crippen molar-refractivity contribution in [2.75, 3.05) is 13.1 Å². The average Bonchev–Trinajstić information content (AvgIpc) is 2.68. The predicted molar refractivity (Wildman–Crippen MR) is 106 cm³/mol. The Morgan fingerprint density at radius 3 is 2.65 bits per heavy atom. The van der Waals surface area contributed by atoms with Crippen LogP contribution in [0, 0.1) is 6.92 Å². The number of pyridine rings is 1. The molecule has 1 aromatic heterocycles. The van der Waals surface area contributed by atoms with Crippen LogP contribution in [-0.4, -0.2) is 23.7 Å². The third-order valence-electron chi connectivity index (χ3n) is 6.05. The van der Waals surface area contributed by atoms with Gasteiger partial charge in [0.1, 0.15) is 11.4 Å². The molecule has 2 aliphatic rings. The summed E-state index contributed by atoms with van der Waals surface area (Å²) in [5.74, 6) is 1.09. The SMILES string of the molecule is Cc1nccc2cc(-c3ccc4c(c3)CCC3(CCNCC3)O4)ccc12. The Balaban J connectivity index is 1.49. The van der Waals surface area contributed by atoms with Gasteiger partial charge in [-0.15, -0.1) is 0 Å². The third kappa shape index (κ3) is 2.67. The molecule has 0 amide bonds. The fourth-order valence-electron chi connectivity index (χ4n) is 4.44. The highest BCUT2D eigenvalue weighted by Crippen LogP contribution is 2.40. The van der Waals surface area contributed by atoms with E-state index in [1.165, 1.54) is 27.5 Å². The standard InChI is InChI=1S/C23H24N2O/c1-16-21-4-2-17(14-19(21)7-11-25-16)18-3-5-22-20(15-18)6-8-23(26-22)9-12-24-13-10-23/h2-5,7,11,14-15,24H,6,8-10,12-13H2,1H3. The number of fused-ring (bicyclic) bond motifs is 2. The normalized spacial score (nSPS) is 18.5. The summed E-state index contributed by atoms with van der Waals surface area (Å²) in [5.41, 5.74) is 5.02. The quantitative estimate of drug-likeness (QED) is 0.697. The highest BCUT2D eigenvalue weighted by molar-refractivity contribution is 5.88. The lowest BCUT2D eigenvalue weighted by Crippen LogP contribution is -2.48. The molecule has 0 aliphatic carbocycles. The van der Waals surface area contributed by atoms with Gasteiger partial charge in [0.2, 0.25) is 0 Å². The molecule has 3 nitrogen and oxygen atoms in total. The van der Waals surface area contributed by atoms with E-state index >= 15 is 0 Å². The van der Waals surface area contributed by atoms with Crippen LogP contribution in [0.3, 0.4) is 0 Å². The van der Waals surface area contributed by atoms with Crippen molar-refractivity contribution in [3.63, 3.8) is 0 Å². The average molecular weight is 344 g/mol. The van der Waals surface area contributed by atoms with E-state index in [2.05, 4.69) is 59.7 Å². The van der Waals surface area contributed by atoms with E-state index < -0.39 is 0 Å². The molecule has 0 unspecified atom stereocenters. The van der Waals surface area contributed by atoms with Gasteiger partial charge in [0, 0.05) is 17.3 Å². The second-order valence-corrected chi connectivity index (χ2v) is 7.69. The number of ether oxygens (including phenoxy) is 1. The summed E-state index contributed by atoms with van der Waals surface area (Å²) in [6.07, 6.45) is 6.37. The summed E-state index contributed by atoms with van der Waals surface area (Å²) in [4.78, 5) is 4.39. The second-order valence-electron chi connectivity index (χ2n) is 7.69. The maximum atomic E-state index is 6.49. The molecule has 1 N–H and O–H groups in total. The molecular weight excluding hydrogens is 320 g/mol. The Labute approximate surface area is 154 Å². The van der Waals surface area contributed by atoms with Gasteiger partial charge in [0.05, 0.1) is 0 Å². The van der Waals surface area contributed by atoms with E-state index in [4.69, 9.17) is 4.74 Å². The molecule has 1 saturated heterocycles. The zero-order valence-corrected chi connectivity index (χ0v) is 15.2. The molecule has 26 heavy (non-hydrogen) atoms. The highest BCUT2D eigenvalue weighted by atomic mass is 16.5. The minimum absolute atomic E-state index is 0.0627. The van der Waals surface area contributed by atoms with Crippen molar-refractivity contribution >= 4 is 10.8 Å². The van der Waals surface area contributed by atoms with Crippen molar-refractivity contribution in [3.05, 3.63) is 59.9 Å². The summed E-state index contributed by atoms with van der Waals surface area (Å²) in [7, 11) is 0. The molecule has 132 valence electrons. The van der Waals surface area contributed by atoms with E-state index in [1.807, 2.05) is 6.20 Å². The van der Waals surface area contributed by atoms with Crippen molar-refractivity contribution in [1.82, 2.24) is 10.3 Å². The molecule has 1 fully saturated rings. The van der Waals surface area contributed by atoms with Crippen LogP contribution >= 0.6 is 0 Å². The van der Waals surface area contributed by atoms with Gasteiger partial charge in [-0.25, -0.2) is 0 Å².